The fraction of sp³-hybridized carbons (Fsp3) is 0.733. The van der Waals surface area contributed by atoms with Crippen LogP contribution in [0.5, 0.6) is 0 Å². The molecule has 1 aromatic rings. The monoisotopic (exact) mass is 308 g/mol. The molecule has 1 amide bonds. The number of aromatic nitrogens is 1. The first-order valence-corrected chi connectivity index (χ1v) is 8.00. The summed E-state index contributed by atoms with van der Waals surface area (Å²) in [6.07, 6.45) is 6.32. The molecule has 5 N–H and O–H groups in total. The molecule has 2 aliphatic rings. The first-order valence-electron chi connectivity index (χ1n) is 8.00. The molecule has 0 atom stereocenters. The van der Waals surface area contributed by atoms with Gasteiger partial charge < -0.3 is 20.7 Å². The fourth-order valence-electron chi connectivity index (χ4n) is 2.97. The number of ether oxygens (including phenoxy) is 1. The van der Waals surface area contributed by atoms with E-state index in [9.17, 15) is 4.79 Å². The largest absolute Gasteiger partial charge is 0.365 e. The SMILES string of the molecule is NC(=O)c1c(COCN[C@H]2CC[C@H](N)CC2)noc1C1CC1. The lowest BCUT2D eigenvalue weighted by atomic mass is 9.92. The van der Waals surface area contributed by atoms with Crippen molar-refractivity contribution >= 4 is 5.91 Å². The Hall–Kier alpha value is -1.44. The Morgan fingerprint density at radius 1 is 1.27 bits per heavy atom. The first-order chi connectivity index (χ1) is 10.6. The molecule has 0 saturated heterocycles. The highest BCUT2D eigenvalue weighted by Gasteiger charge is 2.34. The molecule has 1 heterocycles. The molecular weight excluding hydrogens is 284 g/mol. The molecule has 0 aromatic carbocycles. The minimum absolute atomic E-state index is 0.230. The zero-order chi connectivity index (χ0) is 15.5. The molecule has 22 heavy (non-hydrogen) atoms. The maximum Gasteiger partial charge on any atom is 0.254 e. The van der Waals surface area contributed by atoms with E-state index >= 15 is 0 Å². The molecule has 7 heteroatoms. The van der Waals surface area contributed by atoms with E-state index in [-0.39, 0.29) is 6.61 Å². The zero-order valence-corrected chi connectivity index (χ0v) is 12.7. The Bertz CT molecular complexity index is 519. The summed E-state index contributed by atoms with van der Waals surface area (Å²) in [6.45, 7) is 0.650. The van der Waals surface area contributed by atoms with Gasteiger partial charge >= 0.3 is 0 Å². The average molecular weight is 308 g/mol. The number of nitrogens with zero attached hydrogens (tertiary/aromatic N) is 1. The highest BCUT2D eigenvalue weighted by atomic mass is 16.5. The highest BCUT2D eigenvalue weighted by Crippen LogP contribution is 2.42. The standard InChI is InChI=1S/C15H24N4O3/c16-10-3-5-11(6-4-10)18-8-21-7-12-13(15(17)20)14(22-19-12)9-1-2-9/h9-11,18H,1-8,16H2,(H2,17,20)/t10-,11-. The van der Waals surface area contributed by atoms with Crippen molar-refractivity contribution in [1.29, 1.82) is 0 Å². The van der Waals surface area contributed by atoms with Crippen molar-refractivity contribution in [1.82, 2.24) is 10.5 Å². The summed E-state index contributed by atoms with van der Waals surface area (Å²) in [6, 6.07) is 0.794. The molecule has 122 valence electrons. The van der Waals surface area contributed by atoms with Crippen molar-refractivity contribution in [2.45, 2.75) is 63.1 Å². The molecule has 0 radical (unpaired) electrons. The van der Waals surface area contributed by atoms with Crippen molar-refractivity contribution in [2.75, 3.05) is 6.73 Å². The second-order valence-corrected chi connectivity index (χ2v) is 6.32. The third-order valence-corrected chi connectivity index (χ3v) is 4.47. The van der Waals surface area contributed by atoms with Gasteiger partial charge in [-0.2, -0.15) is 0 Å². The van der Waals surface area contributed by atoms with Crippen LogP contribution in [0.25, 0.3) is 0 Å². The topological polar surface area (TPSA) is 116 Å². The van der Waals surface area contributed by atoms with E-state index in [1.165, 1.54) is 0 Å². The molecule has 2 fully saturated rings. The van der Waals surface area contributed by atoms with Crippen LogP contribution in [0.2, 0.25) is 0 Å². The van der Waals surface area contributed by atoms with Crippen LogP contribution in [0.15, 0.2) is 4.52 Å². The van der Waals surface area contributed by atoms with Gasteiger partial charge in [-0.25, -0.2) is 0 Å². The summed E-state index contributed by atoms with van der Waals surface area (Å²) in [5.74, 6) is 0.435. The number of nitrogens with one attached hydrogen (secondary N) is 1. The Morgan fingerprint density at radius 3 is 2.64 bits per heavy atom. The van der Waals surface area contributed by atoms with Crippen LogP contribution < -0.4 is 16.8 Å². The minimum atomic E-state index is -0.490. The van der Waals surface area contributed by atoms with Crippen LogP contribution in [-0.4, -0.2) is 29.9 Å². The molecule has 1 aromatic heterocycles. The lowest BCUT2D eigenvalue weighted by Gasteiger charge is -2.26. The molecular formula is C15H24N4O3. The molecule has 0 spiro atoms. The summed E-state index contributed by atoms with van der Waals surface area (Å²) in [7, 11) is 0. The van der Waals surface area contributed by atoms with E-state index in [0.29, 0.717) is 41.8 Å². The number of hydrogen-bond donors (Lipinski definition) is 3. The molecule has 0 aliphatic heterocycles. The van der Waals surface area contributed by atoms with Crippen molar-refractivity contribution in [3.8, 4) is 0 Å². The van der Waals surface area contributed by atoms with Crippen molar-refractivity contribution in [3.63, 3.8) is 0 Å². The third kappa shape index (κ3) is 3.66. The van der Waals surface area contributed by atoms with E-state index < -0.39 is 5.91 Å². The number of carbonyl (C=O) groups excluding carboxylic acids is 1. The molecule has 7 nitrogen and oxygen atoms in total. The van der Waals surface area contributed by atoms with Gasteiger partial charge in [0.2, 0.25) is 0 Å². The van der Waals surface area contributed by atoms with Gasteiger partial charge in [0.1, 0.15) is 11.3 Å². The Kier molecular flexibility index (Phi) is 4.75. The van der Waals surface area contributed by atoms with Gasteiger partial charge in [0.25, 0.3) is 5.91 Å². The Labute approximate surface area is 129 Å². The highest BCUT2D eigenvalue weighted by molar-refractivity contribution is 5.95. The Balaban J connectivity index is 1.46. The van der Waals surface area contributed by atoms with Crippen LogP contribution in [0.1, 0.15) is 66.3 Å². The number of rotatable bonds is 7. The van der Waals surface area contributed by atoms with Crippen molar-refractivity contribution in [2.24, 2.45) is 11.5 Å². The first kappa shape index (κ1) is 15.5. The van der Waals surface area contributed by atoms with E-state index in [1.54, 1.807) is 0 Å². The van der Waals surface area contributed by atoms with Crippen LogP contribution >= 0.6 is 0 Å². The third-order valence-electron chi connectivity index (χ3n) is 4.47. The van der Waals surface area contributed by atoms with Gasteiger partial charge in [0.05, 0.1) is 13.3 Å². The second-order valence-electron chi connectivity index (χ2n) is 6.32. The summed E-state index contributed by atoms with van der Waals surface area (Å²) < 4.78 is 10.9. The molecule has 0 unspecified atom stereocenters. The van der Waals surface area contributed by atoms with Gasteiger partial charge in [-0.3, -0.25) is 10.1 Å². The smallest absolute Gasteiger partial charge is 0.254 e. The minimum Gasteiger partial charge on any atom is -0.365 e. The van der Waals surface area contributed by atoms with E-state index in [4.69, 9.17) is 20.7 Å². The van der Waals surface area contributed by atoms with Crippen LogP contribution in [0.3, 0.4) is 0 Å². The maximum absolute atomic E-state index is 11.6. The number of hydrogen-bond acceptors (Lipinski definition) is 6. The van der Waals surface area contributed by atoms with Crippen molar-refractivity contribution < 1.29 is 14.1 Å². The van der Waals surface area contributed by atoms with Gasteiger partial charge in [0.15, 0.2) is 5.76 Å². The van der Waals surface area contributed by atoms with Gasteiger partial charge in [-0.1, -0.05) is 5.16 Å². The summed E-state index contributed by atoms with van der Waals surface area (Å²) in [5.41, 5.74) is 12.2. The van der Waals surface area contributed by atoms with Crippen LogP contribution in [0, 0.1) is 0 Å². The zero-order valence-electron chi connectivity index (χ0n) is 12.7. The van der Waals surface area contributed by atoms with E-state index in [1.807, 2.05) is 0 Å². The second kappa shape index (κ2) is 6.76. The molecule has 2 saturated carbocycles. The van der Waals surface area contributed by atoms with Crippen LogP contribution in [0.4, 0.5) is 0 Å². The van der Waals surface area contributed by atoms with Gasteiger partial charge in [0, 0.05) is 18.0 Å². The molecule has 2 aliphatic carbocycles. The number of carbonyl (C=O) groups is 1. The Morgan fingerprint density at radius 2 is 2.00 bits per heavy atom. The number of nitrogens with two attached hydrogens (primary N) is 2. The molecule has 3 rings (SSSR count). The molecule has 0 bridgehead atoms. The van der Waals surface area contributed by atoms with Gasteiger partial charge in [-0.05, 0) is 38.5 Å². The van der Waals surface area contributed by atoms with Crippen molar-refractivity contribution in [3.05, 3.63) is 17.0 Å². The van der Waals surface area contributed by atoms with E-state index in [0.717, 1.165) is 38.5 Å². The number of amides is 1. The summed E-state index contributed by atoms with van der Waals surface area (Å²) in [5, 5.41) is 7.30. The quantitative estimate of drug-likeness (QED) is 0.511. The number of primary amides is 1. The maximum atomic E-state index is 11.6. The predicted octanol–water partition coefficient (Wildman–Crippen LogP) is 0.984. The summed E-state index contributed by atoms with van der Waals surface area (Å²) >= 11 is 0. The average Bonchev–Trinajstić information content (AvgIpc) is 3.25. The fourth-order valence-corrected chi connectivity index (χ4v) is 2.97. The normalized spacial score (nSPS) is 25.3. The van der Waals surface area contributed by atoms with E-state index in [2.05, 4.69) is 10.5 Å². The summed E-state index contributed by atoms with van der Waals surface area (Å²) in [4.78, 5) is 11.6. The van der Waals surface area contributed by atoms with Gasteiger partial charge in [-0.15, -0.1) is 0 Å². The van der Waals surface area contributed by atoms with Crippen LogP contribution in [-0.2, 0) is 11.3 Å². The lowest BCUT2D eigenvalue weighted by Crippen LogP contribution is -2.38. The lowest BCUT2D eigenvalue weighted by molar-refractivity contribution is 0.0844. The predicted molar refractivity (Wildman–Crippen MR) is 80.0 cm³/mol.